The van der Waals surface area contributed by atoms with Gasteiger partial charge in [-0.2, -0.15) is 0 Å². The smallest absolute Gasteiger partial charge is 0.289 e. The van der Waals surface area contributed by atoms with Crippen LogP contribution in [0.25, 0.3) is 0 Å². The lowest BCUT2D eigenvalue weighted by Gasteiger charge is -1.98. The minimum atomic E-state index is 0.475. The predicted molar refractivity (Wildman–Crippen MR) is 38.5 cm³/mol. The second kappa shape index (κ2) is 3.11. The average molecular weight is 137 g/mol. The largest absolute Gasteiger partial charge is 0.434 e. The van der Waals surface area contributed by atoms with Crippen molar-refractivity contribution in [1.82, 2.24) is 0 Å². The molecule has 0 bridgehead atoms. The van der Waals surface area contributed by atoms with Crippen molar-refractivity contribution >= 4 is 0 Å². The van der Waals surface area contributed by atoms with Crippen molar-refractivity contribution in [3.05, 3.63) is 37.2 Å². The Labute approximate surface area is 60.1 Å². The van der Waals surface area contributed by atoms with Gasteiger partial charge in [-0.15, -0.1) is 0 Å². The van der Waals surface area contributed by atoms with Gasteiger partial charge in [0.05, 0.1) is 6.26 Å². The molecule has 1 radical (unpaired) electrons. The SMILES string of the molecule is [CH2]/C(=C/C)Oc1ccco1. The Morgan fingerprint density at radius 3 is 3.10 bits per heavy atom. The molecular weight excluding hydrogens is 128 g/mol. The second-order valence-corrected chi connectivity index (χ2v) is 1.79. The van der Waals surface area contributed by atoms with Crippen molar-refractivity contribution in [2.45, 2.75) is 6.92 Å². The molecule has 0 saturated carbocycles. The van der Waals surface area contributed by atoms with Crippen LogP contribution in [0.4, 0.5) is 0 Å². The molecule has 1 aromatic heterocycles. The predicted octanol–water partition coefficient (Wildman–Crippen LogP) is 2.40. The summed E-state index contributed by atoms with van der Waals surface area (Å²) < 4.78 is 9.99. The number of hydrogen-bond acceptors (Lipinski definition) is 2. The minimum absolute atomic E-state index is 0.475. The number of ether oxygens (including phenoxy) is 1. The number of furan rings is 1. The molecule has 0 unspecified atom stereocenters. The van der Waals surface area contributed by atoms with Crippen molar-refractivity contribution in [2.24, 2.45) is 0 Å². The van der Waals surface area contributed by atoms with E-state index in [1.807, 2.05) is 6.92 Å². The van der Waals surface area contributed by atoms with Crippen LogP contribution in [0.2, 0.25) is 0 Å². The molecule has 53 valence electrons. The summed E-state index contributed by atoms with van der Waals surface area (Å²) in [6.45, 7) is 5.46. The number of rotatable bonds is 2. The molecular formula is C8H9O2. The molecule has 2 heteroatoms. The molecule has 2 nitrogen and oxygen atoms in total. The lowest BCUT2D eigenvalue weighted by atomic mass is 10.5. The molecule has 1 rings (SSSR count). The number of hydrogen-bond donors (Lipinski definition) is 0. The van der Waals surface area contributed by atoms with Gasteiger partial charge < -0.3 is 9.15 Å². The van der Waals surface area contributed by atoms with Gasteiger partial charge in [0.25, 0.3) is 5.95 Å². The Balaban J connectivity index is 2.56. The van der Waals surface area contributed by atoms with Crippen LogP contribution in [0.1, 0.15) is 6.92 Å². The monoisotopic (exact) mass is 137 g/mol. The molecule has 0 spiro atoms. The van der Waals surface area contributed by atoms with Gasteiger partial charge in [-0.25, -0.2) is 0 Å². The highest BCUT2D eigenvalue weighted by Crippen LogP contribution is 2.12. The van der Waals surface area contributed by atoms with Crippen LogP contribution in [0, 0.1) is 6.92 Å². The highest BCUT2D eigenvalue weighted by Gasteiger charge is 1.94. The summed E-state index contributed by atoms with van der Waals surface area (Å²) in [7, 11) is 0. The Morgan fingerprint density at radius 1 is 1.80 bits per heavy atom. The van der Waals surface area contributed by atoms with E-state index in [0.717, 1.165) is 0 Å². The summed E-state index contributed by atoms with van der Waals surface area (Å²) in [6.07, 6.45) is 3.32. The summed E-state index contributed by atoms with van der Waals surface area (Å²) in [5.41, 5.74) is 0. The maximum absolute atomic E-state index is 5.09. The van der Waals surface area contributed by atoms with Crippen molar-refractivity contribution in [3.8, 4) is 5.95 Å². The molecule has 1 aromatic rings. The van der Waals surface area contributed by atoms with Gasteiger partial charge in [-0.3, -0.25) is 0 Å². The Morgan fingerprint density at radius 2 is 2.60 bits per heavy atom. The van der Waals surface area contributed by atoms with E-state index in [0.29, 0.717) is 11.7 Å². The van der Waals surface area contributed by atoms with Gasteiger partial charge in [0.2, 0.25) is 0 Å². The summed E-state index contributed by atoms with van der Waals surface area (Å²) in [5, 5.41) is 0. The Kier molecular flexibility index (Phi) is 2.15. The zero-order valence-corrected chi connectivity index (χ0v) is 5.83. The third-order valence-electron chi connectivity index (χ3n) is 1.05. The zero-order valence-electron chi connectivity index (χ0n) is 5.83. The van der Waals surface area contributed by atoms with Gasteiger partial charge in [0.1, 0.15) is 5.76 Å². The Bertz CT molecular complexity index is 209. The molecule has 0 aliphatic carbocycles. The van der Waals surface area contributed by atoms with Gasteiger partial charge in [-0.05, 0) is 19.1 Å². The molecule has 1 heterocycles. The van der Waals surface area contributed by atoms with E-state index in [2.05, 4.69) is 6.92 Å². The van der Waals surface area contributed by atoms with Crippen molar-refractivity contribution in [2.75, 3.05) is 0 Å². The second-order valence-electron chi connectivity index (χ2n) is 1.79. The first-order valence-electron chi connectivity index (χ1n) is 3.02. The molecule has 10 heavy (non-hydrogen) atoms. The molecule has 0 aliphatic heterocycles. The van der Waals surface area contributed by atoms with E-state index < -0.39 is 0 Å². The standard InChI is InChI=1S/C8H9O2/c1-3-7(2)10-8-5-4-6-9-8/h3-6H,2H2,1H3/b7-3-. The van der Waals surface area contributed by atoms with E-state index in [1.54, 1.807) is 24.5 Å². The fraction of sp³-hybridized carbons (Fsp3) is 0.125. The van der Waals surface area contributed by atoms with Crippen LogP contribution >= 0.6 is 0 Å². The molecule has 0 fully saturated rings. The van der Waals surface area contributed by atoms with Crippen LogP contribution in [-0.2, 0) is 0 Å². The number of allylic oxidation sites excluding steroid dienone is 2. The van der Waals surface area contributed by atoms with Crippen molar-refractivity contribution in [3.63, 3.8) is 0 Å². The van der Waals surface area contributed by atoms with E-state index in [9.17, 15) is 0 Å². The van der Waals surface area contributed by atoms with Gasteiger partial charge in [0.15, 0.2) is 0 Å². The van der Waals surface area contributed by atoms with Crippen LogP contribution in [0.15, 0.2) is 34.6 Å². The lowest BCUT2D eigenvalue weighted by molar-refractivity contribution is 0.323. The van der Waals surface area contributed by atoms with Crippen LogP contribution in [0.3, 0.4) is 0 Å². The molecule has 0 amide bonds. The van der Waals surface area contributed by atoms with Crippen molar-refractivity contribution in [1.29, 1.82) is 0 Å². The quantitative estimate of drug-likeness (QED) is 0.584. The zero-order chi connectivity index (χ0) is 7.40. The highest BCUT2D eigenvalue weighted by atomic mass is 16.6. The fourth-order valence-corrected chi connectivity index (χ4v) is 0.510. The third kappa shape index (κ3) is 1.65. The summed E-state index contributed by atoms with van der Waals surface area (Å²) in [5.74, 6) is 1.07. The highest BCUT2D eigenvalue weighted by molar-refractivity contribution is 5.10. The van der Waals surface area contributed by atoms with E-state index in [1.165, 1.54) is 0 Å². The van der Waals surface area contributed by atoms with Crippen LogP contribution < -0.4 is 4.74 Å². The maximum Gasteiger partial charge on any atom is 0.289 e. The maximum atomic E-state index is 5.09. The lowest BCUT2D eigenvalue weighted by Crippen LogP contribution is -1.87. The first-order chi connectivity index (χ1) is 4.83. The molecule has 0 saturated heterocycles. The minimum Gasteiger partial charge on any atom is -0.434 e. The molecule has 0 N–H and O–H groups in total. The van der Waals surface area contributed by atoms with E-state index in [4.69, 9.17) is 9.15 Å². The first kappa shape index (κ1) is 6.93. The van der Waals surface area contributed by atoms with Gasteiger partial charge in [0, 0.05) is 13.0 Å². The first-order valence-corrected chi connectivity index (χ1v) is 3.02. The topological polar surface area (TPSA) is 22.4 Å². The van der Waals surface area contributed by atoms with Gasteiger partial charge >= 0.3 is 0 Å². The average Bonchev–Trinajstić information content (AvgIpc) is 2.40. The van der Waals surface area contributed by atoms with Crippen LogP contribution in [0.5, 0.6) is 5.95 Å². The third-order valence-corrected chi connectivity index (χ3v) is 1.05. The molecule has 0 atom stereocenters. The van der Waals surface area contributed by atoms with Crippen molar-refractivity contribution < 1.29 is 9.15 Å². The van der Waals surface area contributed by atoms with E-state index in [-0.39, 0.29) is 0 Å². The fourth-order valence-electron chi connectivity index (χ4n) is 0.510. The Hall–Kier alpha value is -1.18. The summed E-state index contributed by atoms with van der Waals surface area (Å²) in [4.78, 5) is 0. The summed E-state index contributed by atoms with van der Waals surface area (Å²) >= 11 is 0. The normalized spacial score (nSPS) is 11.6. The molecule has 0 aromatic carbocycles. The molecule has 0 aliphatic rings. The van der Waals surface area contributed by atoms with E-state index >= 15 is 0 Å². The van der Waals surface area contributed by atoms with Gasteiger partial charge in [-0.1, -0.05) is 0 Å². The summed E-state index contributed by atoms with van der Waals surface area (Å²) in [6, 6.07) is 3.49. The van der Waals surface area contributed by atoms with Crippen LogP contribution in [-0.4, -0.2) is 0 Å².